The van der Waals surface area contributed by atoms with E-state index in [1.54, 1.807) is 0 Å². The molecule has 0 aliphatic carbocycles. The minimum atomic E-state index is 0.804. The lowest BCUT2D eigenvalue weighted by Crippen LogP contribution is -2.35. The van der Waals surface area contributed by atoms with E-state index in [1.807, 2.05) is 6.20 Å². The van der Waals surface area contributed by atoms with Crippen LogP contribution in [0.3, 0.4) is 0 Å². The number of aromatic nitrogens is 1. The molecular weight excluding hydrogens is 344 g/mol. The number of hydrogen-bond donors (Lipinski definition) is 0. The highest BCUT2D eigenvalue weighted by Crippen LogP contribution is 2.31. The van der Waals surface area contributed by atoms with Crippen molar-refractivity contribution < 1.29 is 0 Å². The van der Waals surface area contributed by atoms with Crippen molar-refractivity contribution in [1.82, 2.24) is 4.98 Å². The van der Waals surface area contributed by atoms with Crippen LogP contribution in [0.5, 0.6) is 0 Å². The molecule has 2 heterocycles. The van der Waals surface area contributed by atoms with Gasteiger partial charge in [-0.05, 0) is 62.6 Å². The number of rotatable bonds is 2. The second-order valence-corrected chi connectivity index (χ2v) is 6.80. The van der Waals surface area contributed by atoms with Gasteiger partial charge in [0.1, 0.15) is 5.82 Å². The normalized spacial score (nSPS) is 17.8. The standard InChI is InChI=1S/C13H18Br2N2/c1-9(2)10-3-5-17(6-4-10)13-12(15)7-11(14)8-16-13/h7-10H,3-6H2,1-2H3. The highest BCUT2D eigenvalue weighted by molar-refractivity contribution is 9.11. The van der Waals surface area contributed by atoms with Crippen LogP contribution in [0.25, 0.3) is 0 Å². The summed E-state index contributed by atoms with van der Waals surface area (Å²) in [5, 5.41) is 0. The summed E-state index contributed by atoms with van der Waals surface area (Å²) >= 11 is 7.03. The molecule has 0 unspecified atom stereocenters. The average molecular weight is 362 g/mol. The summed E-state index contributed by atoms with van der Waals surface area (Å²) in [7, 11) is 0. The third-order valence-corrected chi connectivity index (χ3v) is 4.59. The van der Waals surface area contributed by atoms with Crippen molar-refractivity contribution in [1.29, 1.82) is 0 Å². The van der Waals surface area contributed by atoms with Gasteiger partial charge in [-0.2, -0.15) is 0 Å². The van der Waals surface area contributed by atoms with Gasteiger partial charge in [-0.15, -0.1) is 0 Å². The maximum absolute atomic E-state index is 4.50. The molecular formula is C13H18Br2N2. The van der Waals surface area contributed by atoms with Gasteiger partial charge in [0.2, 0.25) is 0 Å². The Bertz CT molecular complexity index is 385. The van der Waals surface area contributed by atoms with E-state index in [0.29, 0.717) is 0 Å². The summed E-state index contributed by atoms with van der Waals surface area (Å²) in [6, 6.07) is 2.07. The largest absolute Gasteiger partial charge is 0.356 e. The Kier molecular flexibility index (Phi) is 4.47. The van der Waals surface area contributed by atoms with Gasteiger partial charge in [0.15, 0.2) is 0 Å². The molecule has 94 valence electrons. The molecule has 17 heavy (non-hydrogen) atoms. The second-order valence-electron chi connectivity index (χ2n) is 5.03. The highest BCUT2D eigenvalue weighted by atomic mass is 79.9. The van der Waals surface area contributed by atoms with Crippen molar-refractivity contribution in [3.05, 3.63) is 21.2 Å². The molecule has 1 aromatic rings. The molecule has 2 rings (SSSR count). The first-order valence-electron chi connectivity index (χ1n) is 6.14. The Morgan fingerprint density at radius 1 is 1.29 bits per heavy atom. The van der Waals surface area contributed by atoms with Gasteiger partial charge in [-0.3, -0.25) is 0 Å². The van der Waals surface area contributed by atoms with Gasteiger partial charge in [0, 0.05) is 23.8 Å². The Morgan fingerprint density at radius 2 is 1.94 bits per heavy atom. The van der Waals surface area contributed by atoms with E-state index in [1.165, 1.54) is 12.8 Å². The summed E-state index contributed by atoms with van der Waals surface area (Å²) in [5.74, 6) is 2.76. The quantitative estimate of drug-likeness (QED) is 0.771. The number of halogens is 2. The molecule has 1 saturated heterocycles. The third-order valence-electron chi connectivity index (χ3n) is 3.57. The molecule has 0 N–H and O–H groups in total. The number of anilines is 1. The molecule has 0 amide bonds. The van der Waals surface area contributed by atoms with Crippen LogP contribution in [0.4, 0.5) is 5.82 Å². The van der Waals surface area contributed by atoms with E-state index in [-0.39, 0.29) is 0 Å². The smallest absolute Gasteiger partial charge is 0.142 e. The summed E-state index contributed by atoms with van der Waals surface area (Å²) in [6.45, 7) is 6.90. The van der Waals surface area contributed by atoms with E-state index in [4.69, 9.17) is 0 Å². The fourth-order valence-electron chi connectivity index (χ4n) is 2.42. The first-order chi connectivity index (χ1) is 8.08. The van der Waals surface area contributed by atoms with Crippen molar-refractivity contribution >= 4 is 37.7 Å². The van der Waals surface area contributed by atoms with Crippen molar-refractivity contribution in [3.63, 3.8) is 0 Å². The number of piperidine rings is 1. The van der Waals surface area contributed by atoms with E-state index in [9.17, 15) is 0 Å². The van der Waals surface area contributed by atoms with Crippen LogP contribution in [-0.4, -0.2) is 18.1 Å². The van der Waals surface area contributed by atoms with E-state index >= 15 is 0 Å². The first-order valence-corrected chi connectivity index (χ1v) is 7.72. The molecule has 0 saturated carbocycles. The van der Waals surface area contributed by atoms with Gasteiger partial charge in [0.05, 0.1) is 4.47 Å². The lowest BCUT2D eigenvalue weighted by Gasteiger charge is -2.35. The minimum absolute atomic E-state index is 0.804. The van der Waals surface area contributed by atoms with E-state index < -0.39 is 0 Å². The van der Waals surface area contributed by atoms with Crippen LogP contribution in [0.1, 0.15) is 26.7 Å². The SMILES string of the molecule is CC(C)C1CCN(c2ncc(Br)cc2Br)CC1. The lowest BCUT2D eigenvalue weighted by molar-refractivity contribution is 0.310. The molecule has 2 nitrogen and oxygen atoms in total. The number of hydrogen-bond acceptors (Lipinski definition) is 2. The van der Waals surface area contributed by atoms with Gasteiger partial charge >= 0.3 is 0 Å². The van der Waals surface area contributed by atoms with Crippen LogP contribution in [0.2, 0.25) is 0 Å². The molecule has 0 bridgehead atoms. The zero-order valence-corrected chi connectivity index (χ0v) is 13.5. The lowest BCUT2D eigenvalue weighted by atomic mass is 9.87. The summed E-state index contributed by atoms with van der Waals surface area (Å²) in [4.78, 5) is 6.89. The first kappa shape index (κ1) is 13.3. The van der Waals surface area contributed by atoms with Gasteiger partial charge in [0.25, 0.3) is 0 Å². The Hall–Kier alpha value is -0.0900. The topological polar surface area (TPSA) is 16.1 Å². The summed E-state index contributed by atoms with van der Waals surface area (Å²) in [5.41, 5.74) is 0. The van der Waals surface area contributed by atoms with Crippen LogP contribution >= 0.6 is 31.9 Å². The highest BCUT2D eigenvalue weighted by Gasteiger charge is 2.23. The molecule has 4 heteroatoms. The molecule has 0 radical (unpaired) electrons. The van der Waals surface area contributed by atoms with Gasteiger partial charge in [-0.1, -0.05) is 13.8 Å². The predicted molar refractivity (Wildman–Crippen MR) is 79.4 cm³/mol. The summed E-state index contributed by atoms with van der Waals surface area (Å²) in [6.07, 6.45) is 4.43. The molecule has 0 spiro atoms. The van der Waals surface area contributed by atoms with Crippen molar-refractivity contribution in [2.45, 2.75) is 26.7 Å². The van der Waals surface area contributed by atoms with Crippen LogP contribution in [-0.2, 0) is 0 Å². The maximum Gasteiger partial charge on any atom is 0.142 e. The second kappa shape index (κ2) is 5.70. The minimum Gasteiger partial charge on any atom is -0.356 e. The Balaban J connectivity index is 2.05. The fraction of sp³-hybridized carbons (Fsp3) is 0.615. The van der Waals surface area contributed by atoms with Crippen LogP contribution < -0.4 is 4.90 Å². The molecule has 1 aromatic heterocycles. The Labute approximate surface area is 120 Å². The van der Waals surface area contributed by atoms with Crippen LogP contribution in [0.15, 0.2) is 21.2 Å². The average Bonchev–Trinajstić information content (AvgIpc) is 2.29. The maximum atomic E-state index is 4.50. The predicted octanol–water partition coefficient (Wildman–Crippen LogP) is 4.48. The summed E-state index contributed by atoms with van der Waals surface area (Å²) < 4.78 is 2.10. The number of pyridine rings is 1. The van der Waals surface area contributed by atoms with Crippen LogP contribution in [0, 0.1) is 11.8 Å². The van der Waals surface area contributed by atoms with E-state index in [2.05, 4.69) is 61.7 Å². The number of nitrogens with zero attached hydrogens (tertiary/aromatic N) is 2. The monoisotopic (exact) mass is 360 g/mol. The van der Waals surface area contributed by atoms with E-state index in [0.717, 1.165) is 39.7 Å². The molecule has 1 aliphatic rings. The molecule has 1 fully saturated rings. The molecule has 0 atom stereocenters. The fourth-order valence-corrected chi connectivity index (χ4v) is 3.66. The zero-order valence-electron chi connectivity index (χ0n) is 10.3. The van der Waals surface area contributed by atoms with Crippen molar-refractivity contribution in [2.24, 2.45) is 11.8 Å². The zero-order chi connectivity index (χ0) is 12.4. The van der Waals surface area contributed by atoms with Gasteiger partial charge in [-0.25, -0.2) is 4.98 Å². The van der Waals surface area contributed by atoms with Crippen molar-refractivity contribution in [3.8, 4) is 0 Å². The Morgan fingerprint density at radius 3 is 2.47 bits per heavy atom. The third kappa shape index (κ3) is 3.22. The van der Waals surface area contributed by atoms with Crippen molar-refractivity contribution in [2.75, 3.05) is 18.0 Å². The molecule has 0 aromatic carbocycles. The van der Waals surface area contributed by atoms with Gasteiger partial charge < -0.3 is 4.90 Å². The molecule has 1 aliphatic heterocycles.